The van der Waals surface area contributed by atoms with Gasteiger partial charge in [-0.1, -0.05) is 25.1 Å². The summed E-state index contributed by atoms with van der Waals surface area (Å²) in [6.45, 7) is 6.16. The van der Waals surface area contributed by atoms with Gasteiger partial charge >= 0.3 is 0 Å². The number of nitrogens with zero attached hydrogens (tertiary/aromatic N) is 3. The molecule has 118 valence electrons. The fourth-order valence-electron chi connectivity index (χ4n) is 3.10. The van der Waals surface area contributed by atoms with Crippen molar-refractivity contribution < 1.29 is 9.32 Å². The Morgan fingerprint density at radius 3 is 2.86 bits per heavy atom. The summed E-state index contributed by atoms with van der Waals surface area (Å²) in [7, 11) is 0. The van der Waals surface area contributed by atoms with Crippen LogP contribution in [0.15, 0.2) is 22.0 Å². The average molecular weight is 319 g/mol. The topological polar surface area (TPSA) is 59.2 Å². The number of aromatic nitrogens is 2. The van der Waals surface area contributed by atoms with Crippen molar-refractivity contribution in [1.29, 1.82) is 0 Å². The second-order valence-electron chi connectivity index (χ2n) is 6.23. The molecule has 2 unspecified atom stereocenters. The fraction of sp³-hybridized carbons (Fsp3) is 0.562. The molecule has 0 radical (unpaired) electrons. The van der Waals surface area contributed by atoms with E-state index < -0.39 is 0 Å². The van der Waals surface area contributed by atoms with E-state index in [4.69, 9.17) is 4.52 Å². The smallest absolute Gasteiger partial charge is 0.227 e. The predicted molar refractivity (Wildman–Crippen MR) is 85.5 cm³/mol. The summed E-state index contributed by atoms with van der Waals surface area (Å²) in [6.07, 6.45) is 2.15. The van der Waals surface area contributed by atoms with Gasteiger partial charge in [0.15, 0.2) is 0 Å². The Labute approximate surface area is 134 Å². The normalized spacial score (nSPS) is 22.0. The number of hydrogen-bond donors (Lipinski definition) is 0. The van der Waals surface area contributed by atoms with E-state index in [1.54, 1.807) is 11.3 Å². The SMILES string of the molecule is CC1CC(C)CN(C(=O)CCc2nc(-c3cccs3)no2)C1. The minimum absolute atomic E-state index is 0.189. The van der Waals surface area contributed by atoms with Crippen LogP contribution in [-0.2, 0) is 11.2 Å². The lowest BCUT2D eigenvalue weighted by atomic mass is 9.91. The largest absolute Gasteiger partial charge is 0.342 e. The van der Waals surface area contributed by atoms with Gasteiger partial charge in [-0.15, -0.1) is 11.3 Å². The van der Waals surface area contributed by atoms with Gasteiger partial charge in [0.1, 0.15) is 0 Å². The molecule has 2 aromatic heterocycles. The molecule has 6 heteroatoms. The molecule has 2 atom stereocenters. The van der Waals surface area contributed by atoms with Crippen molar-refractivity contribution in [2.24, 2.45) is 11.8 Å². The molecular formula is C16H21N3O2S. The summed E-state index contributed by atoms with van der Waals surface area (Å²) in [5.74, 6) is 2.50. The molecule has 0 bridgehead atoms. The first-order chi connectivity index (χ1) is 10.6. The molecule has 0 aliphatic carbocycles. The Hall–Kier alpha value is -1.69. The van der Waals surface area contributed by atoms with Crippen molar-refractivity contribution >= 4 is 17.2 Å². The van der Waals surface area contributed by atoms with E-state index in [0.29, 0.717) is 36.4 Å². The van der Waals surface area contributed by atoms with Crippen LogP contribution in [0.4, 0.5) is 0 Å². The number of likely N-dealkylation sites (tertiary alicyclic amines) is 1. The zero-order valence-corrected chi connectivity index (χ0v) is 13.8. The monoisotopic (exact) mass is 319 g/mol. The van der Waals surface area contributed by atoms with E-state index in [2.05, 4.69) is 24.0 Å². The third-order valence-electron chi connectivity index (χ3n) is 3.98. The molecule has 0 N–H and O–H groups in total. The number of carbonyl (C=O) groups is 1. The molecule has 3 rings (SSSR count). The van der Waals surface area contributed by atoms with Crippen LogP contribution in [0.1, 0.15) is 32.6 Å². The first kappa shape index (κ1) is 15.2. The molecule has 1 amide bonds. The summed E-state index contributed by atoms with van der Waals surface area (Å²) in [5, 5.41) is 5.95. The van der Waals surface area contributed by atoms with Crippen molar-refractivity contribution in [2.45, 2.75) is 33.1 Å². The molecule has 3 heterocycles. The second kappa shape index (κ2) is 6.60. The summed E-state index contributed by atoms with van der Waals surface area (Å²) >= 11 is 1.58. The van der Waals surface area contributed by atoms with E-state index in [0.717, 1.165) is 18.0 Å². The Bertz CT molecular complexity index is 613. The molecule has 1 aliphatic rings. The molecule has 0 aromatic carbocycles. The van der Waals surface area contributed by atoms with Crippen LogP contribution >= 0.6 is 11.3 Å². The lowest BCUT2D eigenvalue weighted by Gasteiger charge is -2.35. The highest BCUT2D eigenvalue weighted by atomic mass is 32.1. The lowest BCUT2D eigenvalue weighted by molar-refractivity contribution is -0.133. The van der Waals surface area contributed by atoms with Gasteiger partial charge in [-0.25, -0.2) is 0 Å². The Morgan fingerprint density at radius 2 is 2.18 bits per heavy atom. The van der Waals surface area contributed by atoms with Gasteiger partial charge in [0.2, 0.25) is 17.6 Å². The van der Waals surface area contributed by atoms with E-state index in [9.17, 15) is 4.79 Å². The molecule has 22 heavy (non-hydrogen) atoms. The van der Waals surface area contributed by atoms with Crippen molar-refractivity contribution in [3.8, 4) is 10.7 Å². The van der Waals surface area contributed by atoms with E-state index in [1.165, 1.54) is 6.42 Å². The van der Waals surface area contributed by atoms with Crippen LogP contribution in [0, 0.1) is 11.8 Å². The van der Waals surface area contributed by atoms with Crippen LogP contribution in [0.25, 0.3) is 10.7 Å². The number of amides is 1. The van der Waals surface area contributed by atoms with Gasteiger partial charge in [0.25, 0.3) is 0 Å². The highest BCUT2D eigenvalue weighted by Crippen LogP contribution is 2.23. The van der Waals surface area contributed by atoms with Gasteiger partial charge in [0, 0.05) is 25.9 Å². The second-order valence-corrected chi connectivity index (χ2v) is 7.18. The Balaban J connectivity index is 1.55. The van der Waals surface area contributed by atoms with Crippen LogP contribution in [0.3, 0.4) is 0 Å². The minimum atomic E-state index is 0.189. The van der Waals surface area contributed by atoms with Gasteiger partial charge in [0.05, 0.1) is 4.88 Å². The Morgan fingerprint density at radius 1 is 1.41 bits per heavy atom. The molecule has 5 nitrogen and oxygen atoms in total. The maximum absolute atomic E-state index is 12.3. The van der Waals surface area contributed by atoms with Crippen molar-refractivity contribution in [2.75, 3.05) is 13.1 Å². The van der Waals surface area contributed by atoms with Gasteiger partial charge < -0.3 is 9.42 Å². The molecule has 1 saturated heterocycles. The average Bonchev–Trinajstić information content (AvgIpc) is 3.14. The maximum atomic E-state index is 12.3. The zero-order chi connectivity index (χ0) is 15.5. The standard InChI is InChI=1S/C16H21N3O2S/c1-11-8-12(2)10-19(9-11)15(20)6-5-14-17-16(18-21-14)13-4-3-7-22-13/h3-4,7,11-12H,5-6,8-10H2,1-2H3. The van der Waals surface area contributed by atoms with E-state index in [1.807, 2.05) is 22.4 Å². The van der Waals surface area contributed by atoms with Crippen molar-refractivity contribution in [3.63, 3.8) is 0 Å². The summed E-state index contributed by atoms with van der Waals surface area (Å²) in [6, 6.07) is 3.92. The lowest BCUT2D eigenvalue weighted by Crippen LogP contribution is -2.42. The number of rotatable bonds is 4. The van der Waals surface area contributed by atoms with Crippen molar-refractivity contribution in [3.05, 3.63) is 23.4 Å². The van der Waals surface area contributed by atoms with Gasteiger partial charge in [-0.2, -0.15) is 4.98 Å². The highest BCUT2D eigenvalue weighted by Gasteiger charge is 2.25. The number of thiophene rings is 1. The van der Waals surface area contributed by atoms with Crippen LogP contribution in [0.5, 0.6) is 0 Å². The number of hydrogen-bond acceptors (Lipinski definition) is 5. The minimum Gasteiger partial charge on any atom is -0.342 e. The summed E-state index contributed by atoms with van der Waals surface area (Å²) < 4.78 is 5.24. The zero-order valence-electron chi connectivity index (χ0n) is 13.0. The van der Waals surface area contributed by atoms with Crippen LogP contribution in [0.2, 0.25) is 0 Å². The molecule has 0 spiro atoms. The summed E-state index contributed by atoms with van der Waals surface area (Å²) in [5.41, 5.74) is 0. The van der Waals surface area contributed by atoms with Gasteiger partial charge in [-0.05, 0) is 29.7 Å². The van der Waals surface area contributed by atoms with Crippen molar-refractivity contribution in [1.82, 2.24) is 15.0 Å². The molecule has 2 aromatic rings. The molecule has 1 aliphatic heterocycles. The first-order valence-electron chi connectivity index (χ1n) is 7.76. The highest BCUT2D eigenvalue weighted by molar-refractivity contribution is 7.13. The maximum Gasteiger partial charge on any atom is 0.227 e. The Kier molecular flexibility index (Phi) is 4.57. The number of aryl methyl sites for hydroxylation is 1. The summed E-state index contributed by atoms with van der Waals surface area (Å²) in [4.78, 5) is 19.7. The number of piperidine rings is 1. The fourth-order valence-corrected chi connectivity index (χ4v) is 3.75. The molecule has 0 saturated carbocycles. The molecule has 1 fully saturated rings. The van der Waals surface area contributed by atoms with E-state index in [-0.39, 0.29) is 5.91 Å². The van der Waals surface area contributed by atoms with Gasteiger partial charge in [-0.3, -0.25) is 4.79 Å². The third-order valence-corrected chi connectivity index (χ3v) is 4.85. The quantitative estimate of drug-likeness (QED) is 0.868. The molecular weight excluding hydrogens is 298 g/mol. The first-order valence-corrected chi connectivity index (χ1v) is 8.64. The van der Waals surface area contributed by atoms with Crippen LogP contribution in [-0.4, -0.2) is 34.0 Å². The predicted octanol–water partition coefficient (Wildman–Crippen LogP) is 3.24. The van der Waals surface area contributed by atoms with Crippen LogP contribution < -0.4 is 0 Å². The number of carbonyl (C=O) groups excluding carboxylic acids is 1. The third kappa shape index (κ3) is 3.55. The van der Waals surface area contributed by atoms with E-state index >= 15 is 0 Å².